The molecular weight excluding hydrogens is 350 g/mol. The third kappa shape index (κ3) is 4.28. The zero-order chi connectivity index (χ0) is 19.4. The van der Waals surface area contributed by atoms with Crippen LogP contribution in [0.1, 0.15) is 6.92 Å². The molecule has 0 spiro atoms. The van der Waals surface area contributed by atoms with Crippen molar-refractivity contribution in [2.24, 2.45) is 0 Å². The van der Waals surface area contributed by atoms with Crippen LogP contribution in [0.2, 0.25) is 0 Å². The first-order chi connectivity index (χ1) is 13.0. The molecular formula is C20H23NO6. The van der Waals surface area contributed by atoms with E-state index in [1.54, 1.807) is 12.1 Å². The summed E-state index contributed by atoms with van der Waals surface area (Å²) in [6.45, 7) is 0.803. The van der Waals surface area contributed by atoms with Crippen molar-refractivity contribution in [2.75, 3.05) is 6.61 Å². The number of aliphatic hydroxyl groups excluding tert-OH is 3. The quantitative estimate of drug-likeness (QED) is 0.614. The van der Waals surface area contributed by atoms with Crippen molar-refractivity contribution in [1.29, 1.82) is 0 Å². The fourth-order valence-electron chi connectivity index (χ4n) is 3.12. The molecule has 5 atom stereocenters. The van der Waals surface area contributed by atoms with Gasteiger partial charge in [-0.05, 0) is 11.6 Å². The Bertz CT molecular complexity index is 768. The van der Waals surface area contributed by atoms with E-state index in [1.165, 1.54) is 6.92 Å². The van der Waals surface area contributed by atoms with Crippen LogP contribution in [-0.4, -0.2) is 58.5 Å². The monoisotopic (exact) mass is 373 g/mol. The summed E-state index contributed by atoms with van der Waals surface area (Å²) in [4.78, 5) is 11.5. The van der Waals surface area contributed by atoms with Gasteiger partial charge in [-0.15, -0.1) is 0 Å². The molecule has 0 radical (unpaired) electrons. The summed E-state index contributed by atoms with van der Waals surface area (Å²) in [6, 6.07) is 15.9. The molecule has 1 fully saturated rings. The topological polar surface area (TPSA) is 108 Å². The minimum absolute atomic E-state index is 0.401. The summed E-state index contributed by atoms with van der Waals surface area (Å²) in [6.07, 6.45) is -4.82. The lowest BCUT2D eigenvalue weighted by atomic mass is 9.96. The second kappa shape index (κ2) is 8.49. The first-order valence-corrected chi connectivity index (χ1v) is 8.72. The summed E-state index contributed by atoms with van der Waals surface area (Å²) < 4.78 is 11.6. The lowest BCUT2D eigenvalue weighted by Gasteiger charge is -2.42. The Morgan fingerprint density at radius 2 is 1.74 bits per heavy atom. The first kappa shape index (κ1) is 19.3. The van der Waals surface area contributed by atoms with Crippen molar-refractivity contribution in [3.63, 3.8) is 0 Å². The second-order valence-corrected chi connectivity index (χ2v) is 6.41. The minimum atomic E-state index is -1.35. The molecule has 0 aromatic heterocycles. The van der Waals surface area contributed by atoms with Crippen molar-refractivity contribution < 1.29 is 29.6 Å². The molecule has 1 heterocycles. The summed E-state index contributed by atoms with van der Waals surface area (Å²) in [5.41, 5.74) is 1.74. The molecule has 144 valence electrons. The lowest BCUT2D eigenvalue weighted by Crippen LogP contribution is -2.65. The van der Waals surface area contributed by atoms with Gasteiger partial charge in [-0.25, -0.2) is 0 Å². The largest absolute Gasteiger partial charge is 0.462 e. The average molecular weight is 373 g/mol. The second-order valence-electron chi connectivity index (χ2n) is 6.41. The third-order valence-corrected chi connectivity index (χ3v) is 4.47. The van der Waals surface area contributed by atoms with Crippen LogP contribution in [-0.2, 0) is 9.53 Å². The maximum Gasteiger partial charge on any atom is 0.223 e. The van der Waals surface area contributed by atoms with Gasteiger partial charge < -0.3 is 30.1 Å². The number of amides is 1. The highest BCUT2D eigenvalue weighted by molar-refractivity contribution is 5.73. The standard InChI is InChI=1S/C20H23NO6/c1-12(23)21-17-19(25)18(24)16(11-22)27-20(17)26-15-10-6-5-9-14(15)13-7-3-2-4-8-13/h2-10,16-20,22,24-25H,11H2,1H3,(H,21,23). The van der Waals surface area contributed by atoms with Crippen LogP contribution in [0, 0.1) is 0 Å². The van der Waals surface area contributed by atoms with Crippen molar-refractivity contribution >= 4 is 5.91 Å². The number of carbonyl (C=O) groups is 1. The van der Waals surface area contributed by atoms with Crippen LogP contribution in [0.15, 0.2) is 54.6 Å². The van der Waals surface area contributed by atoms with Gasteiger partial charge in [-0.1, -0.05) is 48.5 Å². The smallest absolute Gasteiger partial charge is 0.223 e. The predicted octanol–water partition coefficient (Wildman–Crippen LogP) is 0.676. The zero-order valence-corrected chi connectivity index (χ0v) is 14.9. The third-order valence-electron chi connectivity index (χ3n) is 4.47. The SMILES string of the molecule is CC(=O)NC1C(Oc2ccccc2-c2ccccc2)OC(CO)C(O)C1O. The average Bonchev–Trinajstić information content (AvgIpc) is 2.68. The molecule has 5 unspecified atom stereocenters. The number of ether oxygens (including phenoxy) is 2. The molecule has 27 heavy (non-hydrogen) atoms. The van der Waals surface area contributed by atoms with Gasteiger partial charge in [0.1, 0.15) is 30.1 Å². The highest BCUT2D eigenvalue weighted by Gasteiger charge is 2.46. The zero-order valence-electron chi connectivity index (χ0n) is 14.9. The van der Waals surface area contributed by atoms with Crippen molar-refractivity contribution in [3.05, 3.63) is 54.6 Å². The normalized spacial score (nSPS) is 27.8. The van der Waals surface area contributed by atoms with Gasteiger partial charge >= 0.3 is 0 Å². The van der Waals surface area contributed by atoms with Gasteiger partial charge in [0, 0.05) is 12.5 Å². The summed E-state index contributed by atoms with van der Waals surface area (Å²) in [5.74, 6) is 0.0894. The lowest BCUT2D eigenvalue weighted by molar-refractivity contribution is -0.244. The van der Waals surface area contributed by atoms with E-state index < -0.39 is 43.2 Å². The van der Waals surface area contributed by atoms with Crippen molar-refractivity contribution in [1.82, 2.24) is 5.32 Å². The number of hydrogen-bond acceptors (Lipinski definition) is 6. The van der Waals surface area contributed by atoms with Crippen LogP contribution in [0.5, 0.6) is 5.75 Å². The number of aliphatic hydroxyl groups is 3. The van der Waals surface area contributed by atoms with E-state index in [-0.39, 0.29) is 0 Å². The van der Waals surface area contributed by atoms with Crippen LogP contribution >= 0.6 is 0 Å². The van der Waals surface area contributed by atoms with Crippen molar-refractivity contribution in [3.8, 4) is 16.9 Å². The van der Waals surface area contributed by atoms with Crippen LogP contribution in [0.3, 0.4) is 0 Å². The van der Waals surface area contributed by atoms with E-state index in [0.29, 0.717) is 5.75 Å². The fourth-order valence-corrected chi connectivity index (χ4v) is 3.12. The molecule has 3 rings (SSSR count). The molecule has 1 aliphatic heterocycles. The first-order valence-electron chi connectivity index (χ1n) is 8.72. The number of nitrogens with one attached hydrogen (secondary N) is 1. The Labute approximate surface area is 157 Å². The van der Waals surface area contributed by atoms with E-state index in [2.05, 4.69) is 5.32 Å². The van der Waals surface area contributed by atoms with Gasteiger partial charge in [0.2, 0.25) is 12.2 Å². The maximum absolute atomic E-state index is 11.5. The number of hydrogen-bond donors (Lipinski definition) is 4. The van der Waals surface area contributed by atoms with E-state index >= 15 is 0 Å². The maximum atomic E-state index is 11.5. The Morgan fingerprint density at radius 1 is 1.07 bits per heavy atom. The number of rotatable bonds is 5. The van der Waals surface area contributed by atoms with Gasteiger partial charge in [-0.3, -0.25) is 4.79 Å². The van der Waals surface area contributed by atoms with E-state index in [4.69, 9.17) is 9.47 Å². The Morgan fingerprint density at radius 3 is 2.41 bits per heavy atom. The molecule has 7 nitrogen and oxygen atoms in total. The summed E-state index contributed by atoms with van der Waals surface area (Å²) in [7, 11) is 0. The summed E-state index contributed by atoms with van der Waals surface area (Å²) >= 11 is 0. The predicted molar refractivity (Wildman–Crippen MR) is 97.9 cm³/mol. The molecule has 4 N–H and O–H groups in total. The van der Waals surface area contributed by atoms with E-state index in [0.717, 1.165) is 11.1 Å². The van der Waals surface area contributed by atoms with E-state index in [1.807, 2.05) is 42.5 Å². The number of carbonyl (C=O) groups excluding carboxylic acids is 1. The molecule has 2 aromatic carbocycles. The Balaban J connectivity index is 1.91. The van der Waals surface area contributed by atoms with Gasteiger partial charge in [0.15, 0.2) is 0 Å². The molecule has 0 aliphatic carbocycles. The highest BCUT2D eigenvalue weighted by Crippen LogP contribution is 2.32. The molecule has 0 saturated carbocycles. The Hall–Kier alpha value is -2.45. The molecule has 1 amide bonds. The molecule has 2 aromatic rings. The van der Waals surface area contributed by atoms with Crippen LogP contribution in [0.25, 0.3) is 11.1 Å². The fraction of sp³-hybridized carbons (Fsp3) is 0.350. The number of benzene rings is 2. The van der Waals surface area contributed by atoms with Crippen LogP contribution in [0.4, 0.5) is 0 Å². The van der Waals surface area contributed by atoms with Crippen molar-refractivity contribution in [2.45, 2.75) is 37.6 Å². The molecule has 1 aliphatic rings. The highest BCUT2D eigenvalue weighted by atomic mass is 16.7. The van der Waals surface area contributed by atoms with Gasteiger partial charge in [0.25, 0.3) is 0 Å². The molecule has 0 bridgehead atoms. The minimum Gasteiger partial charge on any atom is -0.462 e. The number of para-hydroxylation sites is 1. The molecule has 7 heteroatoms. The van der Waals surface area contributed by atoms with E-state index in [9.17, 15) is 20.1 Å². The molecule has 1 saturated heterocycles. The summed E-state index contributed by atoms with van der Waals surface area (Å²) in [5, 5.41) is 32.5. The van der Waals surface area contributed by atoms with Gasteiger partial charge in [0.05, 0.1) is 6.61 Å². The van der Waals surface area contributed by atoms with Gasteiger partial charge in [-0.2, -0.15) is 0 Å². The van der Waals surface area contributed by atoms with Crippen LogP contribution < -0.4 is 10.1 Å². The Kier molecular flexibility index (Phi) is 6.08.